The summed E-state index contributed by atoms with van der Waals surface area (Å²) in [7, 11) is 0. The van der Waals surface area contributed by atoms with E-state index in [1.54, 1.807) is 0 Å². The molecule has 0 heterocycles. The van der Waals surface area contributed by atoms with Crippen LogP contribution in [0.1, 0.15) is 47.5 Å². The smallest absolute Gasteiger partial charge is 0.00669 e. The summed E-state index contributed by atoms with van der Waals surface area (Å²) in [6.07, 6.45) is 2.53. The molecule has 2 unspecified atom stereocenters. The molecule has 0 spiro atoms. The van der Waals surface area contributed by atoms with Gasteiger partial charge in [-0.25, -0.2) is 0 Å². The molecule has 0 fully saturated rings. The van der Waals surface area contributed by atoms with Crippen LogP contribution in [0.3, 0.4) is 0 Å². The summed E-state index contributed by atoms with van der Waals surface area (Å²) in [5.41, 5.74) is 5.76. The molecule has 0 saturated heterocycles. The lowest BCUT2D eigenvalue weighted by molar-refractivity contribution is 0.303. The average Bonchev–Trinajstić information content (AvgIpc) is 2.20. The van der Waals surface area contributed by atoms with Crippen molar-refractivity contribution in [3.8, 4) is 0 Å². The Morgan fingerprint density at radius 1 is 1.00 bits per heavy atom. The van der Waals surface area contributed by atoms with Crippen molar-refractivity contribution in [2.24, 2.45) is 23.5 Å². The fourth-order valence-corrected chi connectivity index (χ4v) is 2.09. The van der Waals surface area contributed by atoms with Gasteiger partial charge in [-0.05, 0) is 37.8 Å². The van der Waals surface area contributed by atoms with Crippen LogP contribution in [0.5, 0.6) is 0 Å². The minimum absolute atomic E-state index is 0.613. The van der Waals surface area contributed by atoms with Crippen LogP contribution in [-0.2, 0) is 0 Å². The highest BCUT2D eigenvalue weighted by Gasteiger charge is 2.16. The summed E-state index contributed by atoms with van der Waals surface area (Å²) in [4.78, 5) is 0. The van der Waals surface area contributed by atoms with Crippen molar-refractivity contribution in [3.63, 3.8) is 0 Å². The molecule has 2 nitrogen and oxygen atoms in total. The number of rotatable bonds is 8. The Balaban J connectivity index is 3.91. The molecule has 0 radical (unpaired) electrons. The fraction of sp³-hybridized carbons (Fsp3) is 1.00. The normalized spacial score (nSPS) is 16.0. The number of nitrogens with two attached hydrogens (primary N) is 1. The molecule has 0 rings (SSSR count). The van der Waals surface area contributed by atoms with Crippen LogP contribution in [0, 0.1) is 17.8 Å². The highest BCUT2D eigenvalue weighted by atomic mass is 14.9. The lowest BCUT2D eigenvalue weighted by Crippen LogP contribution is -2.39. The molecule has 0 bridgehead atoms. The number of nitrogens with one attached hydrogen (secondary N) is 1. The van der Waals surface area contributed by atoms with E-state index in [0.717, 1.165) is 19.0 Å². The van der Waals surface area contributed by atoms with Gasteiger partial charge in [0, 0.05) is 6.04 Å². The van der Waals surface area contributed by atoms with E-state index >= 15 is 0 Å². The third-order valence-corrected chi connectivity index (χ3v) is 3.70. The minimum Gasteiger partial charge on any atom is -0.330 e. The van der Waals surface area contributed by atoms with Gasteiger partial charge in [-0.15, -0.1) is 0 Å². The van der Waals surface area contributed by atoms with E-state index in [-0.39, 0.29) is 0 Å². The van der Waals surface area contributed by atoms with Gasteiger partial charge in [0.25, 0.3) is 0 Å². The van der Waals surface area contributed by atoms with Crippen molar-refractivity contribution in [3.05, 3.63) is 0 Å². The SMILES string of the molecule is CCC(CC)C(C)NCC(CN)C(C)C. The third-order valence-electron chi connectivity index (χ3n) is 3.70. The molecular weight excluding hydrogens is 184 g/mol. The molecule has 0 saturated carbocycles. The largest absolute Gasteiger partial charge is 0.330 e. The summed E-state index contributed by atoms with van der Waals surface area (Å²) in [6.45, 7) is 13.2. The van der Waals surface area contributed by atoms with E-state index in [1.807, 2.05) is 0 Å². The van der Waals surface area contributed by atoms with Gasteiger partial charge < -0.3 is 11.1 Å². The molecule has 92 valence electrons. The van der Waals surface area contributed by atoms with Crippen molar-refractivity contribution < 1.29 is 0 Å². The molecular formula is C13H30N2. The molecule has 15 heavy (non-hydrogen) atoms. The predicted molar refractivity (Wildman–Crippen MR) is 68.9 cm³/mol. The molecule has 0 aliphatic carbocycles. The van der Waals surface area contributed by atoms with Gasteiger partial charge in [0.1, 0.15) is 0 Å². The van der Waals surface area contributed by atoms with Crippen LogP contribution in [0.4, 0.5) is 0 Å². The van der Waals surface area contributed by atoms with Gasteiger partial charge in [0.2, 0.25) is 0 Å². The van der Waals surface area contributed by atoms with E-state index in [9.17, 15) is 0 Å². The zero-order valence-corrected chi connectivity index (χ0v) is 11.2. The van der Waals surface area contributed by atoms with E-state index in [1.165, 1.54) is 12.8 Å². The monoisotopic (exact) mass is 214 g/mol. The average molecular weight is 214 g/mol. The van der Waals surface area contributed by atoms with Crippen LogP contribution >= 0.6 is 0 Å². The minimum atomic E-state index is 0.613. The molecule has 0 amide bonds. The van der Waals surface area contributed by atoms with Gasteiger partial charge in [-0.2, -0.15) is 0 Å². The first-order valence-corrected chi connectivity index (χ1v) is 6.50. The molecule has 0 aliphatic rings. The second-order valence-corrected chi connectivity index (χ2v) is 5.01. The molecule has 0 aromatic rings. The summed E-state index contributed by atoms with van der Waals surface area (Å²) in [6, 6.07) is 0.618. The maximum absolute atomic E-state index is 5.76. The zero-order chi connectivity index (χ0) is 11.8. The molecule has 0 aromatic heterocycles. The third kappa shape index (κ3) is 5.53. The van der Waals surface area contributed by atoms with Crippen LogP contribution in [0.2, 0.25) is 0 Å². The summed E-state index contributed by atoms with van der Waals surface area (Å²) < 4.78 is 0. The predicted octanol–water partition coefficient (Wildman–Crippen LogP) is 2.63. The Kier molecular flexibility index (Phi) is 8.07. The van der Waals surface area contributed by atoms with Crippen molar-refractivity contribution in [1.29, 1.82) is 0 Å². The molecule has 0 aromatic carbocycles. The molecule has 2 heteroatoms. The number of hydrogen-bond acceptors (Lipinski definition) is 2. The first-order valence-electron chi connectivity index (χ1n) is 6.50. The number of hydrogen-bond donors (Lipinski definition) is 2. The first-order chi connectivity index (χ1) is 7.06. The topological polar surface area (TPSA) is 38.0 Å². The van der Waals surface area contributed by atoms with Crippen molar-refractivity contribution >= 4 is 0 Å². The van der Waals surface area contributed by atoms with Gasteiger partial charge in [-0.1, -0.05) is 40.5 Å². The Morgan fingerprint density at radius 3 is 1.87 bits per heavy atom. The van der Waals surface area contributed by atoms with E-state index in [2.05, 4.69) is 39.9 Å². The van der Waals surface area contributed by atoms with Crippen LogP contribution in [0.15, 0.2) is 0 Å². The van der Waals surface area contributed by atoms with Gasteiger partial charge in [0.15, 0.2) is 0 Å². The lowest BCUT2D eigenvalue weighted by Gasteiger charge is -2.26. The van der Waals surface area contributed by atoms with E-state index < -0.39 is 0 Å². The Morgan fingerprint density at radius 2 is 1.53 bits per heavy atom. The second-order valence-electron chi connectivity index (χ2n) is 5.01. The van der Waals surface area contributed by atoms with E-state index in [4.69, 9.17) is 5.73 Å². The van der Waals surface area contributed by atoms with Crippen LogP contribution in [0.25, 0.3) is 0 Å². The van der Waals surface area contributed by atoms with Crippen molar-refractivity contribution in [1.82, 2.24) is 5.32 Å². The van der Waals surface area contributed by atoms with Crippen LogP contribution in [-0.4, -0.2) is 19.1 Å². The Labute approximate surface area is 96.0 Å². The van der Waals surface area contributed by atoms with E-state index in [0.29, 0.717) is 17.9 Å². The first kappa shape index (κ1) is 14.9. The van der Waals surface area contributed by atoms with Gasteiger partial charge in [-0.3, -0.25) is 0 Å². The van der Waals surface area contributed by atoms with Crippen molar-refractivity contribution in [2.75, 3.05) is 13.1 Å². The van der Waals surface area contributed by atoms with Gasteiger partial charge in [0.05, 0.1) is 0 Å². The van der Waals surface area contributed by atoms with Crippen molar-refractivity contribution in [2.45, 2.75) is 53.5 Å². The summed E-state index contributed by atoms with van der Waals surface area (Å²) in [5.74, 6) is 2.09. The highest BCUT2D eigenvalue weighted by Crippen LogP contribution is 2.14. The summed E-state index contributed by atoms with van der Waals surface area (Å²) >= 11 is 0. The second kappa shape index (κ2) is 8.12. The fourth-order valence-electron chi connectivity index (χ4n) is 2.09. The molecule has 2 atom stereocenters. The Hall–Kier alpha value is -0.0800. The molecule has 0 aliphatic heterocycles. The van der Waals surface area contributed by atoms with Crippen LogP contribution < -0.4 is 11.1 Å². The Bertz CT molecular complexity index is 141. The molecule has 3 N–H and O–H groups in total. The maximum atomic E-state index is 5.76. The highest BCUT2D eigenvalue weighted by molar-refractivity contribution is 4.74. The quantitative estimate of drug-likeness (QED) is 0.652. The lowest BCUT2D eigenvalue weighted by atomic mass is 9.92. The maximum Gasteiger partial charge on any atom is 0.00669 e. The summed E-state index contributed by atoms with van der Waals surface area (Å²) in [5, 5.41) is 3.64. The standard InChI is InChI=1S/C13H30N2/c1-6-12(7-2)11(5)15-9-13(8-14)10(3)4/h10-13,15H,6-9,14H2,1-5H3. The van der Waals surface area contributed by atoms with Gasteiger partial charge >= 0.3 is 0 Å². The zero-order valence-electron chi connectivity index (χ0n) is 11.2.